The van der Waals surface area contributed by atoms with E-state index in [1.807, 2.05) is 17.2 Å². The zero-order chi connectivity index (χ0) is 16.1. The molecule has 0 radical (unpaired) electrons. The second-order valence-electron chi connectivity index (χ2n) is 6.93. The fourth-order valence-corrected chi connectivity index (χ4v) is 4.10. The molecule has 1 aromatic heterocycles. The van der Waals surface area contributed by atoms with Crippen molar-refractivity contribution in [3.05, 3.63) is 46.3 Å². The second kappa shape index (κ2) is 5.30. The van der Waals surface area contributed by atoms with Crippen molar-refractivity contribution < 1.29 is 4.79 Å². The number of aromatic nitrogens is 2. The number of hydrogen-bond donors (Lipinski definition) is 1. The maximum Gasteiger partial charge on any atom is 0.156 e. The van der Waals surface area contributed by atoms with Gasteiger partial charge in [0, 0.05) is 29.5 Å². The molecule has 1 aromatic rings. The number of allylic oxidation sites excluding steroid dienone is 3. The van der Waals surface area contributed by atoms with E-state index in [-0.39, 0.29) is 5.78 Å². The average molecular weight is 320 g/mol. The van der Waals surface area contributed by atoms with Crippen molar-refractivity contribution in [2.45, 2.75) is 38.5 Å². The summed E-state index contributed by atoms with van der Waals surface area (Å²) in [6, 6.07) is 0. The Morgan fingerprint density at radius 1 is 1.17 bits per heavy atom. The van der Waals surface area contributed by atoms with E-state index < -0.39 is 0 Å². The van der Waals surface area contributed by atoms with Gasteiger partial charge in [-0.05, 0) is 37.3 Å². The maximum absolute atomic E-state index is 11.7. The second-order valence-corrected chi connectivity index (χ2v) is 6.93. The van der Waals surface area contributed by atoms with Gasteiger partial charge in [0.1, 0.15) is 11.2 Å². The fourth-order valence-electron chi connectivity index (χ4n) is 4.10. The van der Waals surface area contributed by atoms with Crippen LogP contribution in [-0.4, -0.2) is 33.7 Å². The van der Waals surface area contributed by atoms with E-state index in [4.69, 9.17) is 9.98 Å². The highest BCUT2D eigenvalue weighted by atomic mass is 16.1. The number of Topliss-reactive ketones (excluding diaryl/α,β-unsaturated/α-hetero) is 1. The Hall–Kier alpha value is -2.43. The first-order chi connectivity index (χ1) is 11.8. The molecule has 3 aliphatic heterocycles. The highest BCUT2D eigenvalue weighted by molar-refractivity contribution is 5.87. The molecule has 4 aliphatic rings. The van der Waals surface area contributed by atoms with Gasteiger partial charge in [-0.25, -0.2) is 4.98 Å². The smallest absolute Gasteiger partial charge is 0.156 e. The highest BCUT2D eigenvalue weighted by Gasteiger charge is 2.28. The van der Waals surface area contributed by atoms with Crippen LogP contribution in [0.4, 0.5) is 0 Å². The first-order valence-corrected chi connectivity index (χ1v) is 8.83. The van der Waals surface area contributed by atoms with Crippen molar-refractivity contribution in [2.75, 3.05) is 13.1 Å². The summed E-state index contributed by atoms with van der Waals surface area (Å²) in [4.78, 5) is 26.8. The Balaban J connectivity index is 1.63. The molecule has 1 N–H and O–H groups in total. The summed E-state index contributed by atoms with van der Waals surface area (Å²) < 4.78 is 0. The van der Waals surface area contributed by atoms with Crippen LogP contribution in [0.5, 0.6) is 0 Å². The average Bonchev–Trinajstić information content (AvgIpc) is 3.06. The third-order valence-electron chi connectivity index (χ3n) is 5.36. The number of fused-ring (bicyclic) bond motifs is 4. The Morgan fingerprint density at radius 3 is 2.92 bits per heavy atom. The van der Waals surface area contributed by atoms with Gasteiger partial charge in [-0.3, -0.25) is 9.79 Å². The van der Waals surface area contributed by atoms with Gasteiger partial charge in [0.05, 0.1) is 13.1 Å². The van der Waals surface area contributed by atoms with E-state index in [9.17, 15) is 4.79 Å². The Bertz CT molecular complexity index is 937. The molecule has 1 fully saturated rings. The topological polar surface area (TPSA) is 61.4 Å². The molecule has 0 saturated heterocycles. The van der Waals surface area contributed by atoms with Gasteiger partial charge in [0.25, 0.3) is 0 Å². The summed E-state index contributed by atoms with van der Waals surface area (Å²) in [6.45, 7) is 1.12. The molecule has 1 aliphatic carbocycles. The lowest BCUT2D eigenvalue weighted by atomic mass is 9.94. The van der Waals surface area contributed by atoms with Crippen LogP contribution in [0.15, 0.2) is 34.6 Å². The van der Waals surface area contributed by atoms with Crippen molar-refractivity contribution in [3.63, 3.8) is 0 Å². The Morgan fingerprint density at radius 2 is 2.04 bits per heavy atom. The molecule has 0 bridgehead atoms. The minimum Gasteiger partial charge on any atom is -0.340 e. The van der Waals surface area contributed by atoms with Crippen LogP contribution < -0.4 is 11.0 Å². The number of ketones is 1. The lowest BCUT2D eigenvalue weighted by Crippen LogP contribution is -2.33. The van der Waals surface area contributed by atoms with Gasteiger partial charge in [-0.2, -0.15) is 0 Å². The number of hydrogen-bond acceptors (Lipinski definition) is 4. The standard InChI is InChI=1S/C19H20N4O/c24-13-6-7-16-15-10-20-19-17(14(15)8-9-23(16)11-13)21-18(22-19)12-4-2-1-3-5-12/h7-9H,1-6,10-11H2,(H,20,22). The number of H-pyrrole nitrogens is 1. The maximum atomic E-state index is 11.7. The van der Waals surface area contributed by atoms with E-state index in [0.29, 0.717) is 19.5 Å². The molecule has 24 heavy (non-hydrogen) atoms. The lowest BCUT2D eigenvalue weighted by molar-refractivity contribution is -0.119. The summed E-state index contributed by atoms with van der Waals surface area (Å²) in [6.07, 6.45) is 12.8. The van der Waals surface area contributed by atoms with Gasteiger partial charge in [-0.1, -0.05) is 12.5 Å². The van der Waals surface area contributed by atoms with Gasteiger partial charge in [0.15, 0.2) is 11.3 Å². The molecule has 0 spiro atoms. The number of nitrogens with one attached hydrogen (secondary N) is 1. The van der Waals surface area contributed by atoms with Crippen molar-refractivity contribution in [1.29, 1.82) is 0 Å². The van der Waals surface area contributed by atoms with E-state index in [1.54, 1.807) is 0 Å². The van der Waals surface area contributed by atoms with Crippen LogP contribution in [0, 0.1) is 0 Å². The summed E-state index contributed by atoms with van der Waals surface area (Å²) in [5, 5.41) is 0. The quantitative estimate of drug-likeness (QED) is 0.790. The highest BCUT2D eigenvalue weighted by Crippen LogP contribution is 2.33. The van der Waals surface area contributed by atoms with E-state index in [2.05, 4.69) is 11.1 Å². The Labute approximate surface area is 140 Å². The van der Waals surface area contributed by atoms with Crippen molar-refractivity contribution in [2.24, 2.45) is 4.99 Å². The van der Waals surface area contributed by atoms with Crippen LogP contribution in [0.25, 0.3) is 11.1 Å². The number of aromatic amines is 1. The van der Waals surface area contributed by atoms with Gasteiger partial charge >= 0.3 is 0 Å². The summed E-state index contributed by atoms with van der Waals surface area (Å²) in [7, 11) is 0. The predicted molar refractivity (Wildman–Crippen MR) is 91.2 cm³/mol. The van der Waals surface area contributed by atoms with E-state index in [0.717, 1.165) is 40.8 Å². The van der Waals surface area contributed by atoms with Crippen molar-refractivity contribution >= 4 is 16.9 Å². The van der Waals surface area contributed by atoms with Crippen LogP contribution in [-0.2, 0) is 4.79 Å². The minimum absolute atomic E-state index is 0.261. The molecule has 1 saturated carbocycles. The number of carbonyl (C=O) groups excluding carboxylic acids is 1. The molecule has 122 valence electrons. The normalized spacial score (nSPS) is 22.7. The molecule has 5 nitrogen and oxygen atoms in total. The van der Waals surface area contributed by atoms with E-state index >= 15 is 0 Å². The molecule has 0 unspecified atom stereocenters. The van der Waals surface area contributed by atoms with Gasteiger partial charge in [0.2, 0.25) is 0 Å². The predicted octanol–water partition coefficient (Wildman–Crippen LogP) is 1.60. The van der Waals surface area contributed by atoms with Crippen LogP contribution in [0.2, 0.25) is 0 Å². The summed E-state index contributed by atoms with van der Waals surface area (Å²) in [5.41, 5.74) is 7.85. The molecular formula is C19H20N4O. The summed E-state index contributed by atoms with van der Waals surface area (Å²) >= 11 is 0. The molecule has 5 heteroatoms. The zero-order valence-corrected chi connectivity index (χ0v) is 13.6. The number of carbonyl (C=O) groups is 1. The third-order valence-corrected chi connectivity index (χ3v) is 5.36. The molecule has 0 amide bonds. The van der Waals surface area contributed by atoms with E-state index in [1.165, 1.54) is 30.4 Å². The fraction of sp³-hybridized carbons (Fsp3) is 0.421. The van der Waals surface area contributed by atoms with Gasteiger partial charge in [-0.15, -0.1) is 0 Å². The largest absolute Gasteiger partial charge is 0.340 e. The number of imidazole rings is 1. The lowest BCUT2D eigenvalue weighted by Gasteiger charge is -2.32. The van der Waals surface area contributed by atoms with Crippen LogP contribution in [0.3, 0.4) is 0 Å². The first-order valence-electron chi connectivity index (χ1n) is 8.83. The Kier molecular flexibility index (Phi) is 3.08. The van der Waals surface area contributed by atoms with Crippen molar-refractivity contribution in [1.82, 2.24) is 14.9 Å². The zero-order valence-electron chi connectivity index (χ0n) is 13.6. The SMILES string of the molecule is O=C1CC=C2C3=C(C=CN2C1)c1nc(=C2CCCCC2)[nH]c1=NC3. The molecule has 0 aromatic carbocycles. The van der Waals surface area contributed by atoms with Gasteiger partial charge < -0.3 is 9.88 Å². The van der Waals surface area contributed by atoms with Crippen LogP contribution >= 0.6 is 0 Å². The molecular weight excluding hydrogens is 300 g/mol. The number of rotatable bonds is 0. The first kappa shape index (κ1) is 14.0. The van der Waals surface area contributed by atoms with Crippen molar-refractivity contribution in [3.8, 4) is 0 Å². The molecule has 0 atom stereocenters. The molecule has 5 rings (SSSR count). The third kappa shape index (κ3) is 2.11. The van der Waals surface area contributed by atoms with Crippen LogP contribution in [0.1, 0.15) is 44.2 Å². The molecule has 4 heterocycles. The summed E-state index contributed by atoms with van der Waals surface area (Å²) in [5.74, 6) is 0.261. The minimum atomic E-state index is 0.261. The monoisotopic (exact) mass is 320 g/mol. The number of nitrogens with zero attached hydrogens (tertiary/aromatic N) is 3.